The summed E-state index contributed by atoms with van der Waals surface area (Å²) in [5.74, 6) is -0.884. The van der Waals surface area contributed by atoms with Gasteiger partial charge in [-0.15, -0.1) is 0 Å². The molecule has 0 saturated carbocycles. The van der Waals surface area contributed by atoms with Gasteiger partial charge in [-0.2, -0.15) is 23.3 Å². The first-order valence-electron chi connectivity index (χ1n) is 8.41. The zero-order chi connectivity index (χ0) is 21.9. The molecule has 11 heteroatoms. The Bertz CT molecular complexity index is 746. The van der Waals surface area contributed by atoms with Crippen LogP contribution in [0, 0.1) is 0 Å². The normalized spacial score (nSPS) is 12.9. The molecule has 1 aromatic rings. The molecule has 1 N–H and O–H groups in total. The van der Waals surface area contributed by atoms with E-state index in [0.717, 1.165) is 4.68 Å². The van der Waals surface area contributed by atoms with Gasteiger partial charge < -0.3 is 15.0 Å². The number of carbonyl (C=O) groups is 2. The number of amides is 2. The highest BCUT2D eigenvalue weighted by Crippen LogP contribution is 2.29. The van der Waals surface area contributed by atoms with Crippen LogP contribution in [-0.4, -0.2) is 58.3 Å². The molecule has 2 amide bonds. The quantitative estimate of drug-likeness (QED) is 0.601. The fourth-order valence-electron chi connectivity index (χ4n) is 2.08. The first-order valence-corrected chi connectivity index (χ1v) is 8.41. The van der Waals surface area contributed by atoms with Crippen LogP contribution < -0.4 is 5.32 Å². The fourth-order valence-corrected chi connectivity index (χ4v) is 2.08. The summed E-state index contributed by atoms with van der Waals surface area (Å²) in [5, 5.41) is 6.05. The Kier molecular flexibility index (Phi) is 6.86. The minimum Gasteiger partial charge on any atom is -0.444 e. The van der Waals surface area contributed by atoms with Gasteiger partial charge in [-0.05, 0) is 34.6 Å². The number of alkyl halides is 3. The molecule has 0 radical (unpaired) electrons. The van der Waals surface area contributed by atoms with Crippen LogP contribution in [0.2, 0.25) is 0 Å². The zero-order valence-electron chi connectivity index (χ0n) is 17.0. The van der Waals surface area contributed by atoms with E-state index < -0.39 is 35.0 Å². The lowest BCUT2D eigenvalue weighted by molar-refractivity contribution is -0.141. The molecule has 0 saturated heterocycles. The van der Waals surface area contributed by atoms with Crippen molar-refractivity contribution in [1.82, 2.24) is 20.0 Å². The Labute approximate surface area is 161 Å². The molecule has 1 rings (SSSR count). The maximum Gasteiger partial charge on any atom is 0.435 e. The van der Waals surface area contributed by atoms with E-state index in [9.17, 15) is 22.8 Å². The van der Waals surface area contributed by atoms with E-state index in [1.165, 1.54) is 11.2 Å². The number of hydrogen-bond acceptors (Lipinski definition) is 4. The number of alkyl carbamates (subject to hydrolysis) is 1. The summed E-state index contributed by atoms with van der Waals surface area (Å²) < 4.78 is 45.2. The van der Waals surface area contributed by atoms with Gasteiger partial charge in [0.2, 0.25) is 0 Å². The number of nitrogens with one attached hydrogen (secondary N) is 1. The Hall–Kier alpha value is -2.59. The van der Waals surface area contributed by atoms with E-state index in [1.54, 1.807) is 48.7 Å². The average Bonchev–Trinajstić information content (AvgIpc) is 2.84. The van der Waals surface area contributed by atoms with Crippen molar-refractivity contribution in [3.63, 3.8) is 0 Å². The highest BCUT2D eigenvalue weighted by molar-refractivity contribution is 5.97. The number of rotatable bonds is 5. The van der Waals surface area contributed by atoms with E-state index in [2.05, 4.69) is 15.4 Å². The number of halogens is 3. The number of nitrogens with zero attached hydrogens (tertiary/aromatic N) is 4. The Morgan fingerprint density at radius 1 is 1.25 bits per heavy atom. The average molecular weight is 405 g/mol. The molecule has 0 fully saturated rings. The van der Waals surface area contributed by atoms with Crippen molar-refractivity contribution in [2.24, 2.45) is 4.99 Å². The highest BCUT2D eigenvalue weighted by atomic mass is 19.4. The van der Waals surface area contributed by atoms with Gasteiger partial charge >= 0.3 is 12.3 Å². The van der Waals surface area contributed by atoms with Gasteiger partial charge in [-0.25, -0.2) is 4.79 Å². The van der Waals surface area contributed by atoms with E-state index in [4.69, 9.17) is 4.74 Å². The third-order valence-electron chi connectivity index (χ3n) is 3.08. The van der Waals surface area contributed by atoms with Crippen LogP contribution in [0.3, 0.4) is 0 Å². The maximum atomic E-state index is 13.1. The lowest BCUT2D eigenvalue weighted by Crippen LogP contribution is -2.48. The van der Waals surface area contributed by atoms with Crippen molar-refractivity contribution < 1.29 is 27.5 Å². The molecule has 0 atom stereocenters. The second-order valence-corrected chi connectivity index (χ2v) is 8.09. The largest absolute Gasteiger partial charge is 0.444 e. The smallest absolute Gasteiger partial charge is 0.435 e. The molecule has 158 valence electrons. The molecule has 28 heavy (non-hydrogen) atoms. The highest BCUT2D eigenvalue weighted by Gasteiger charge is 2.37. The predicted molar refractivity (Wildman–Crippen MR) is 97.2 cm³/mol. The van der Waals surface area contributed by atoms with E-state index in [-0.39, 0.29) is 12.2 Å². The third kappa shape index (κ3) is 7.57. The summed E-state index contributed by atoms with van der Waals surface area (Å²) in [6.07, 6.45) is -4.29. The van der Waals surface area contributed by atoms with Crippen LogP contribution >= 0.6 is 0 Å². The summed E-state index contributed by atoms with van der Waals surface area (Å²) >= 11 is 0. The standard InChI is InChI=1S/C17H26F3N5O3/c1-15(2,3)28-14(27)22-16(4,5)9-25-11(13(26)21-10-24(6)7)8-12(23-25)17(18,19)20/h8,10H,9H2,1-7H3,(H,22,27). The van der Waals surface area contributed by atoms with E-state index in [0.29, 0.717) is 6.07 Å². The second kappa shape index (κ2) is 8.19. The van der Waals surface area contributed by atoms with Crippen molar-refractivity contribution in [2.45, 2.75) is 58.5 Å². The lowest BCUT2D eigenvalue weighted by atomic mass is 10.1. The number of ether oxygens (including phenoxy) is 1. The first-order chi connectivity index (χ1) is 12.5. The number of carbonyl (C=O) groups excluding carboxylic acids is 2. The molecular formula is C17H26F3N5O3. The zero-order valence-corrected chi connectivity index (χ0v) is 17.0. The summed E-state index contributed by atoms with van der Waals surface area (Å²) in [5.41, 5.74) is -3.36. The Balaban J connectivity index is 3.15. The minimum atomic E-state index is -4.73. The molecule has 0 spiro atoms. The number of hydrogen-bond donors (Lipinski definition) is 1. The van der Waals surface area contributed by atoms with Crippen LogP contribution in [0.25, 0.3) is 0 Å². The van der Waals surface area contributed by atoms with Crippen LogP contribution in [-0.2, 0) is 17.5 Å². The molecule has 0 aliphatic rings. The molecule has 0 bridgehead atoms. The van der Waals surface area contributed by atoms with Crippen molar-refractivity contribution >= 4 is 18.3 Å². The maximum absolute atomic E-state index is 13.1. The second-order valence-electron chi connectivity index (χ2n) is 8.09. The first kappa shape index (κ1) is 23.4. The van der Waals surface area contributed by atoms with Gasteiger partial charge in [0, 0.05) is 20.2 Å². The van der Waals surface area contributed by atoms with Gasteiger partial charge in [-0.3, -0.25) is 9.48 Å². The molecule has 1 heterocycles. The van der Waals surface area contributed by atoms with Crippen molar-refractivity contribution in [1.29, 1.82) is 0 Å². The molecule has 0 unspecified atom stereocenters. The molecule has 8 nitrogen and oxygen atoms in total. The lowest BCUT2D eigenvalue weighted by Gasteiger charge is -2.29. The topological polar surface area (TPSA) is 88.8 Å². The van der Waals surface area contributed by atoms with Gasteiger partial charge in [0.15, 0.2) is 5.69 Å². The van der Waals surface area contributed by atoms with Crippen molar-refractivity contribution in [3.05, 3.63) is 17.5 Å². The van der Waals surface area contributed by atoms with Crippen LogP contribution in [0.5, 0.6) is 0 Å². The van der Waals surface area contributed by atoms with Crippen LogP contribution in [0.15, 0.2) is 11.1 Å². The molecule has 0 aliphatic carbocycles. The molecular weight excluding hydrogens is 379 g/mol. The fraction of sp³-hybridized carbons (Fsp3) is 0.647. The van der Waals surface area contributed by atoms with Crippen LogP contribution in [0.4, 0.5) is 18.0 Å². The summed E-state index contributed by atoms with van der Waals surface area (Å²) in [4.78, 5) is 29.3. The third-order valence-corrected chi connectivity index (χ3v) is 3.08. The van der Waals surface area contributed by atoms with Gasteiger partial charge in [-0.1, -0.05) is 0 Å². The monoisotopic (exact) mass is 405 g/mol. The summed E-state index contributed by atoms with van der Waals surface area (Å²) in [7, 11) is 3.23. The molecule has 1 aromatic heterocycles. The van der Waals surface area contributed by atoms with Crippen molar-refractivity contribution in [2.75, 3.05) is 14.1 Å². The van der Waals surface area contributed by atoms with Gasteiger partial charge in [0.25, 0.3) is 5.91 Å². The SMILES string of the molecule is CN(C)C=NC(=O)c1cc(C(F)(F)F)nn1CC(C)(C)NC(=O)OC(C)(C)C. The van der Waals surface area contributed by atoms with Crippen molar-refractivity contribution in [3.8, 4) is 0 Å². The van der Waals surface area contributed by atoms with E-state index >= 15 is 0 Å². The minimum absolute atomic E-state index is 0.207. The number of aliphatic imine (C=N–C) groups is 1. The Morgan fingerprint density at radius 3 is 2.29 bits per heavy atom. The van der Waals surface area contributed by atoms with E-state index in [1.807, 2.05) is 0 Å². The van der Waals surface area contributed by atoms with Gasteiger partial charge in [0.1, 0.15) is 11.3 Å². The predicted octanol–water partition coefficient (Wildman–Crippen LogP) is 2.94. The molecule has 0 aromatic carbocycles. The van der Waals surface area contributed by atoms with Crippen LogP contribution in [0.1, 0.15) is 50.8 Å². The summed E-state index contributed by atoms with van der Waals surface area (Å²) in [6, 6.07) is 0.638. The molecule has 0 aliphatic heterocycles. The van der Waals surface area contributed by atoms with Gasteiger partial charge in [0.05, 0.1) is 18.4 Å². The Morgan fingerprint density at radius 2 is 1.82 bits per heavy atom. The number of aromatic nitrogens is 2. The summed E-state index contributed by atoms with van der Waals surface area (Å²) in [6.45, 7) is 7.99.